The Labute approximate surface area is 151 Å². The molecule has 126 valence electrons. The molecular formula is C22H17N3O. The average molecular weight is 339 g/mol. The number of carbonyl (C=O) groups is 1. The van der Waals surface area contributed by atoms with Crippen LogP contribution in [-0.4, -0.2) is 20.8 Å². The van der Waals surface area contributed by atoms with Crippen LogP contribution >= 0.6 is 0 Å². The number of allylic oxidation sites excluding steroid dienone is 1. The van der Waals surface area contributed by atoms with E-state index in [1.54, 1.807) is 11.6 Å². The fourth-order valence-electron chi connectivity index (χ4n) is 3.11. The SMILES string of the molecule is CC(=O)/C(=C(\c1ccccc1)n1nnc2ccccc21)c1ccccc1. The van der Waals surface area contributed by atoms with Crippen LogP contribution in [0.15, 0.2) is 84.9 Å². The van der Waals surface area contributed by atoms with Gasteiger partial charge >= 0.3 is 0 Å². The first kappa shape index (κ1) is 16.0. The molecule has 0 aliphatic carbocycles. The van der Waals surface area contributed by atoms with Gasteiger partial charge in [0.2, 0.25) is 0 Å². The summed E-state index contributed by atoms with van der Waals surface area (Å²) in [5.74, 6) is -0.0189. The second kappa shape index (κ2) is 6.76. The fourth-order valence-corrected chi connectivity index (χ4v) is 3.11. The van der Waals surface area contributed by atoms with E-state index in [9.17, 15) is 4.79 Å². The van der Waals surface area contributed by atoms with E-state index in [-0.39, 0.29) is 5.78 Å². The van der Waals surface area contributed by atoms with Gasteiger partial charge < -0.3 is 0 Å². The van der Waals surface area contributed by atoms with Gasteiger partial charge in [-0.05, 0) is 24.6 Å². The minimum atomic E-state index is -0.0189. The molecule has 1 heterocycles. The molecule has 0 saturated carbocycles. The van der Waals surface area contributed by atoms with Gasteiger partial charge in [0.25, 0.3) is 0 Å². The summed E-state index contributed by atoms with van der Waals surface area (Å²) in [5.41, 5.74) is 4.78. The number of hydrogen-bond acceptors (Lipinski definition) is 3. The number of para-hydroxylation sites is 1. The van der Waals surface area contributed by atoms with Crippen LogP contribution in [-0.2, 0) is 4.79 Å². The number of hydrogen-bond donors (Lipinski definition) is 0. The Hall–Kier alpha value is -3.53. The zero-order valence-corrected chi connectivity index (χ0v) is 14.3. The molecule has 0 unspecified atom stereocenters. The molecule has 0 atom stereocenters. The molecule has 4 rings (SSSR count). The van der Waals surface area contributed by atoms with Crippen LogP contribution in [0.5, 0.6) is 0 Å². The normalized spacial score (nSPS) is 12.0. The maximum absolute atomic E-state index is 12.7. The summed E-state index contributed by atoms with van der Waals surface area (Å²) < 4.78 is 1.76. The van der Waals surface area contributed by atoms with Crippen molar-refractivity contribution in [2.75, 3.05) is 0 Å². The largest absolute Gasteiger partial charge is 0.294 e. The molecule has 0 fully saturated rings. The second-order valence-electron chi connectivity index (χ2n) is 6.00. The minimum Gasteiger partial charge on any atom is -0.294 e. The van der Waals surface area contributed by atoms with Crippen molar-refractivity contribution < 1.29 is 4.79 Å². The average Bonchev–Trinajstić information content (AvgIpc) is 3.11. The van der Waals surface area contributed by atoms with Gasteiger partial charge in [-0.15, -0.1) is 5.10 Å². The molecule has 0 N–H and O–H groups in total. The summed E-state index contributed by atoms with van der Waals surface area (Å²) in [4.78, 5) is 12.7. The maximum atomic E-state index is 12.7. The lowest BCUT2D eigenvalue weighted by Crippen LogP contribution is -2.09. The summed E-state index contributed by atoms with van der Waals surface area (Å²) in [7, 11) is 0. The van der Waals surface area contributed by atoms with Crippen molar-refractivity contribution in [3.63, 3.8) is 0 Å². The lowest BCUT2D eigenvalue weighted by Gasteiger charge is -2.15. The highest BCUT2D eigenvalue weighted by molar-refractivity contribution is 6.27. The molecule has 0 radical (unpaired) electrons. The van der Waals surface area contributed by atoms with Crippen LogP contribution in [0.1, 0.15) is 18.1 Å². The molecule has 26 heavy (non-hydrogen) atoms. The molecule has 4 heteroatoms. The molecule has 0 aliphatic rings. The van der Waals surface area contributed by atoms with Crippen LogP contribution in [0.4, 0.5) is 0 Å². The lowest BCUT2D eigenvalue weighted by molar-refractivity contribution is -0.111. The summed E-state index contributed by atoms with van der Waals surface area (Å²) in [6.07, 6.45) is 0. The highest BCUT2D eigenvalue weighted by Crippen LogP contribution is 2.30. The van der Waals surface area contributed by atoms with Crippen molar-refractivity contribution in [3.05, 3.63) is 96.1 Å². The van der Waals surface area contributed by atoms with Gasteiger partial charge in [-0.2, -0.15) is 0 Å². The second-order valence-corrected chi connectivity index (χ2v) is 6.00. The number of fused-ring (bicyclic) bond motifs is 1. The first-order chi connectivity index (χ1) is 12.8. The van der Waals surface area contributed by atoms with Crippen molar-refractivity contribution in [1.29, 1.82) is 0 Å². The third-order valence-corrected chi connectivity index (χ3v) is 4.26. The maximum Gasteiger partial charge on any atom is 0.162 e. The van der Waals surface area contributed by atoms with Crippen molar-refractivity contribution in [1.82, 2.24) is 15.0 Å². The number of benzene rings is 3. The van der Waals surface area contributed by atoms with E-state index in [4.69, 9.17) is 0 Å². The first-order valence-corrected chi connectivity index (χ1v) is 8.42. The van der Waals surface area contributed by atoms with E-state index in [0.29, 0.717) is 5.57 Å². The molecular weight excluding hydrogens is 322 g/mol. The Morgan fingerprint density at radius 3 is 2.00 bits per heavy atom. The van der Waals surface area contributed by atoms with E-state index in [1.807, 2.05) is 84.9 Å². The van der Waals surface area contributed by atoms with Crippen molar-refractivity contribution in [2.24, 2.45) is 0 Å². The zero-order valence-electron chi connectivity index (χ0n) is 14.3. The molecule has 0 saturated heterocycles. The Balaban J connectivity index is 2.10. The quantitative estimate of drug-likeness (QED) is 0.408. The Morgan fingerprint density at radius 1 is 0.769 bits per heavy atom. The van der Waals surface area contributed by atoms with Gasteiger partial charge in [-0.1, -0.05) is 78.0 Å². The van der Waals surface area contributed by atoms with Crippen LogP contribution < -0.4 is 0 Å². The smallest absolute Gasteiger partial charge is 0.162 e. The highest BCUT2D eigenvalue weighted by Gasteiger charge is 2.20. The molecule has 0 amide bonds. The number of carbonyl (C=O) groups excluding carboxylic acids is 1. The van der Waals surface area contributed by atoms with Gasteiger partial charge in [0.05, 0.1) is 16.8 Å². The van der Waals surface area contributed by atoms with Crippen LogP contribution in [0.2, 0.25) is 0 Å². The molecule has 4 nitrogen and oxygen atoms in total. The third-order valence-electron chi connectivity index (χ3n) is 4.26. The van der Waals surface area contributed by atoms with E-state index in [1.165, 1.54) is 0 Å². The number of Topliss-reactive ketones (excluding diaryl/α,β-unsaturated/α-hetero) is 1. The van der Waals surface area contributed by atoms with E-state index in [2.05, 4.69) is 10.3 Å². The predicted octanol–water partition coefficient (Wildman–Crippen LogP) is 4.44. The molecule has 0 aliphatic heterocycles. The topological polar surface area (TPSA) is 47.8 Å². The summed E-state index contributed by atoms with van der Waals surface area (Å²) in [6, 6.07) is 27.3. The monoisotopic (exact) mass is 339 g/mol. The first-order valence-electron chi connectivity index (χ1n) is 8.42. The Bertz CT molecular complexity index is 1100. The van der Waals surface area contributed by atoms with Gasteiger partial charge in [0.15, 0.2) is 5.78 Å². The lowest BCUT2D eigenvalue weighted by atomic mass is 9.96. The number of ketones is 1. The highest BCUT2D eigenvalue weighted by atomic mass is 16.1. The standard InChI is InChI=1S/C22H17N3O/c1-16(26)21(17-10-4-2-5-11-17)22(18-12-6-3-7-13-18)25-20-15-9-8-14-19(20)23-24-25/h2-15H,1H3/b22-21-. The van der Waals surface area contributed by atoms with Crippen molar-refractivity contribution >= 4 is 28.1 Å². The van der Waals surface area contributed by atoms with Crippen LogP contribution in [0.25, 0.3) is 22.3 Å². The van der Waals surface area contributed by atoms with Gasteiger partial charge in [0.1, 0.15) is 5.52 Å². The van der Waals surface area contributed by atoms with Crippen molar-refractivity contribution in [2.45, 2.75) is 6.92 Å². The molecule has 4 aromatic rings. The van der Waals surface area contributed by atoms with E-state index in [0.717, 1.165) is 27.9 Å². The third kappa shape index (κ3) is 2.82. The van der Waals surface area contributed by atoms with E-state index >= 15 is 0 Å². The summed E-state index contributed by atoms with van der Waals surface area (Å²) in [5, 5.41) is 8.63. The molecule has 0 spiro atoms. The Morgan fingerprint density at radius 2 is 1.35 bits per heavy atom. The Kier molecular flexibility index (Phi) is 4.15. The number of rotatable bonds is 4. The number of aromatic nitrogens is 3. The van der Waals surface area contributed by atoms with Crippen LogP contribution in [0.3, 0.4) is 0 Å². The summed E-state index contributed by atoms with van der Waals surface area (Å²) in [6.45, 7) is 1.59. The van der Waals surface area contributed by atoms with Gasteiger partial charge in [-0.3, -0.25) is 4.79 Å². The minimum absolute atomic E-state index is 0.0189. The van der Waals surface area contributed by atoms with Gasteiger partial charge in [-0.25, -0.2) is 4.68 Å². The van der Waals surface area contributed by atoms with E-state index < -0.39 is 0 Å². The predicted molar refractivity (Wildman–Crippen MR) is 103 cm³/mol. The van der Waals surface area contributed by atoms with Gasteiger partial charge in [0, 0.05) is 5.56 Å². The van der Waals surface area contributed by atoms with Crippen molar-refractivity contribution in [3.8, 4) is 0 Å². The molecule has 0 bridgehead atoms. The zero-order chi connectivity index (χ0) is 17.9. The molecule has 1 aromatic heterocycles. The summed E-state index contributed by atoms with van der Waals surface area (Å²) >= 11 is 0. The van der Waals surface area contributed by atoms with Crippen LogP contribution in [0, 0.1) is 0 Å². The fraction of sp³-hybridized carbons (Fsp3) is 0.0455. The number of nitrogens with zero attached hydrogens (tertiary/aromatic N) is 3. The molecule has 3 aromatic carbocycles.